The summed E-state index contributed by atoms with van der Waals surface area (Å²) in [6.07, 6.45) is 5.45. The maximum atomic E-state index is 5.77. The van der Waals surface area contributed by atoms with E-state index in [1.807, 2.05) is 42.7 Å². The van der Waals surface area contributed by atoms with Crippen LogP contribution in [0.15, 0.2) is 55.0 Å². The third-order valence-corrected chi connectivity index (χ3v) is 2.70. The first-order valence-corrected chi connectivity index (χ1v) is 5.38. The van der Waals surface area contributed by atoms with E-state index in [1.165, 1.54) is 0 Å². The van der Waals surface area contributed by atoms with Gasteiger partial charge in [0.05, 0.1) is 5.52 Å². The molecule has 0 aliphatic heterocycles. The lowest BCUT2D eigenvalue weighted by molar-refractivity contribution is 1.32. The molecule has 0 aliphatic rings. The molecule has 0 spiro atoms. The van der Waals surface area contributed by atoms with Crippen molar-refractivity contribution in [2.24, 2.45) is 0 Å². The Balaban J connectivity index is 2.19. The second-order valence-corrected chi connectivity index (χ2v) is 3.92. The molecule has 3 rings (SSSR count). The Morgan fingerprint density at radius 1 is 0.941 bits per heavy atom. The van der Waals surface area contributed by atoms with Gasteiger partial charge in [0.2, 0.25) is 0 Å². The number of anilines is 1. The molecule has 0 saturated carbocycles. The van der Waals surface area contributed by atoms with Crippen molar-refractivity contribution in [1.82, 2.24) is 9.97 Å². The van der Waals surface area contributed by atoms with Crippen LogP contribution in [0.3, 0.4) is 0 Å². The Morgan fingerprint density at radius 3 is 2.71 bits per heavy atom. The van der Waals surface area contributed by atoms with Gasteiger partial charge in [-0.1, -0.05) is 6.07 Å². The maximum absolute atomic E-state index is 5.77. The average molecular weight is 221 g/mol. The van der Waals surface area contributed by atoms with Gasteiger partial charge in [0.1, 0.15) is 0 Å². The number of nitrogens with two attached hydrogens (primary N) is 1. The van der Waals surface area contributed by atoms with Crippen LogP contribution in [0.25, 0.3) is 22.0 Å². The van der Waals surface area contributed by atoms with Crippen LogP contribution < -0.4 is 5.73 Å². The topological polar surface area (TPSA) is 51.8 Å². The van der Waals surface area contributed by atoms with Gasteiger partial charge in [-0.3, -0.25) is 9.97 Å². The van der Waals surface area contributed by atoms with Gasteiger partial charge in [0.25, 0.3) is 0 Å². The molecule has 0 atom stereocenters. The van der Waals surface area contributed by atoms with Gasteiger partial charge in [-0.15, -0.1) is 0 Å². The SMILES string of the molecule is Nc1ccc2ncc(-c3cccnc3)cc2c1. The first-order chi connectivity index (χ1) is 8.33. The third-order valence-electron chi connectivity index (χ3n) is 2.70. The summed E-state index contributed by atoms with van der Waals surface area (Å²) < 4.78 is 0. The van der Waals surface area contributed by atoms with Crippen LogP contribution in [-0.4, -0.2) is 9.97 Å². The predicted molar refractivity (Wildman–Crippen MR) is 69.4 cm³/mol. The zero-order valence-corrected chi connectivity index (χ0v) is 9.17. The van der Waals surface area contributed by atoms with Crippen molar-refractivity contribution < 1.29 is 0 Å². The fraction of sp³-hybridized carbons (Fsp3) is 0. The van der Waals surface area contributed by atoms with Crippen molar-refractivity contribution in [3.63, 3.8) is 0 Å². The lowest BCUT2D eigenvalue weighted by Crippen LogP contribution is -1.87. The van der Waals surface area contributed by atoms with Crippen LogP contribution in [0.2, 0.25) is 0 Å². The van der Waals surface area contributed by atoms with Crippen LogP contribution in [0.5, 0.6) is 0 Å². The van der Waals surface area contributed by atoms with E-state index >= 15 is 0 Å². The standard InChI is InChI=1S/C14H11N3/c15-13-3-4-14-11(7-13)6-12(9-17-14)10-2-1-5-16-8-10/h1-9H,15H2. The van der Waals surface area contributed by atoms with E-state index in [-0.39, 0.29) is 0 Å². The minimum atomic E-state index is 0.752. The molecule has 0 amide bonds. The Labute approximate surface area is 98.9 Å². The summed E-state index contributed by atoms with van der Waals surface area (Å²) in [7, 11) is 0. The molecule has 0 saturated heterocycles. The first kappa shape index (κ1) is 9.78. The van der Waals surface area contributed by atoms with Crippen LogP contribution in [0.4, 0.5) is 5.69 Å². The van der Waals surface area contributed by atoms with Gasteiger partial charge in [-0.2, -0.15) is 0 Å². The molecule has 3 aromatic rings. The summed E-state index contributed by atoms with van der Waals surface area (Å²) in [5.74, 6) is 0. The fourth-order valence-electron chi connectivity index (χ4n) is 1.84. The van der Waals surface area contributed by atoms with Gasteiger partial charge < -0.3 is 5.73 Å². The average Bonchev–Trinajstić information content (AvgIpc) is 2.39. The summed E-state index contributed by atoms with van der Waals surface area (Å²) in [5, 5.41) is 1.05. The van der Waals surface area contributed by atoms with E-state index in [2.05, 4.69) is 16.0 Å². The molecule has 3 heteroatoms. The molecule has 82 valence electrons. The Morgan fingerprint density at radius 2 is 1.88 bits per heavy atom. The second-order valence-electron chi connectivity index (χ2n) is 3.92. The quantitative estimate of drug-likeness (QED) is 0.643. The molecule has 0 radical (unpaired) electrons. The zero-order chi connectivity index (χ0) is 11.7. The molecule has 2 heterocycles. The van der Waals surface area contributed by atoms with Crippen molar-refractivity contribution in [2.45, 2.75) is 0 Å². The summed E-state index contributed by atoms with van der Waals surface area (Å²) in [5.41, 5.74) is 9.59. The van der Waals surface area contributed by atoms with Crippen LogP contribution in [-0.2, 0) is 0 Å². The monoisotopic (exact) mass is 221 g/mol. The smallest absolute Gasteiger partial charge is 0.0703 e. The van der Waals surface area contributed by atoms with Crippen molar-refractivity contribution in [3.8, 4) is 11.1 Å². The lowest BCUT2D eigenvalue weighted by Gasteiger charge is -2.03. The van der Waals surface area contributed by atoms with E-state index in [0.29, 0.717) is 0 Å². The third kappa shape index (κ3) is 1.83. The van der Waals surface area contributed by atoms with Crippen molar-refractivity contribution in [3.05, 3.63) is 55.0 Å². The van der Waals surface area contributed by atoms with Crippen molar-refractivity contribution in [2.75, 3.05) is 5.73 Å². The van der Waals surface area contributed by atoms with Gasteiger partial charge in [0.15, 0.2) is 0 Å². The maximum Gasteiger partial charge on any atom is 0.0703 e. The van der Waals surface area contributed by atoms with Gasteiger partial charge in [0, 0.05) is 40.8 Å². The Hall–Kier alpha value is -2.42. The van der Waals surface area contributed by atoms with E-state index in [4.69, 9.17) is 5.73 Å². The number of nitrogens with zero attached hydrogens (tertiary/aromatic N) is 2. The molecular formula is C14H11N3. The predicted octanol–water partition coefficient (Wildman–Crippen LogP) is 2.88. The fourth-order valence-corrected chi connectivity index (χ4v) is 1.84. The largest absolute Gasteiger partial charge is 0.399 e. The zero-order valence-electron chi connectivity index (χ0n) is 9.17. The van der Waals surface area contributed by atoms with Gasteiger partial charge in [-0.05, 0) is 30.3 Å². The normalized spacial score (nSPS) is 10.6. The lowest BCUT2D eigenvalue weighted by atomic mass is 10.1. The highest BCUT2D eigenvalue weighted by Gasteiger charge is 2.01. The Bertz CT molecular complexity index is 663. The van der Waals surface area contributed by atoms with Crippen LogP contribution in [0, 0.1) is 0 Å². The molecule has 0 aliphatic carbocycles. The molecule has 2 aromatic heterocycles. The second kappa shape index (κ2) is 3.87. The summed E-state index contributed by atoms with van der Waals surface area (Å²) >= 11 is 0. The molecule has 0 bridgehead atoms. The van der Waals surface area contributed by atoms with Crippen LogP contribution >= 0.6 is 0 Å². The first-order valence-electron chi connectivity index (χ1n) is 5.38. The number of hydrogen-bond acceptors (Lipinski definition) is 3. The van der Waals surface area contributed by atoms with Crippen LogP contribution in [0.1, 0.15) is 0 Å². The van der Waals surface area contributed by atoms with Gasteiger partial charge >= 0.3 is 0 Å². The number of benzene rings is 1. The Kier molecular flexibility index (Phi) is 2.22. The summed E-state index contributed by atoms with van der Waals surface area (Å²) in [4.78, 5) is 8.52. The molecule has 3 nitrogen and oxygen atoms in total. The number of fused-ring (bicyclic) bond motifs is 1. The highest BCUT2D eigenvalue weighted by Crippen LogP contribution is 2.23. The minimum Gasteiger partial charge on any atom is -0.399 e. The number of rotatable bonds is 1. The highest BCUT2D eigenvalue weighted by molar-refractivity contribution is 5.85. The van der Waals surface area contributed by atoms with Crippen molar-refractivity contribution >= 4 is 16.6 Å². The van der Waals surface area contributed by atoms with E-state index in [9.17, 15) is 0 Å². The molecular weight excluding hydrogens is 210 g/mol. The van der Waals surface area contributed by atoms with E-state index < -0.39 is 0 Å². The van der Waals surface area contributed by atoms with Crippen molar-refractivity contribution in [1.29, 1.82) is 0 Å². The number of hydrogen-bond donors (Lipinski definition) is 1. The number of pyridine rings is 2. The summed E-state index contributed by atoms with van der Waals surface area (Å²) in [6.45, 7) is 0. The highest BCUT2D eigenvalue weighted by atomic mass is 14.7. The summed E-state index contributed by atoms with van der Waals surface area (Å²) in [6, 6.07) is 11.7. The minimum absolute atomic E-state index is 0.752. The molecule has 17 heavy (non-hydrogen) atoms. The number of aromatic nitrogens is 2. The van der Waals surface area contributed by atoms with Gasteiger partial charge in [-0.25, -0.2) is 0 Å². The molecule has 0 unspecified atom stereocenters. The van der Waals surface area contributed by atoms with E-state index in [1.54, 1.807) is 6.20 Å². The van der Waals surface area contributed by atoms with E-state index in [0.717, 1.165) is 27.7 Å². The molecule has 0 fully saturated rings. The molecule has 1 aromatic carbocycles. The molecule has 2 N–H and O–H groups in total. The number of nitrogen functional groups attached to an aromatic ring is 1.